The smallest absolute Gasteiger partial charge is 0.105 e. The first kappa shape index (κ1) is 46.7. The van der Waals surface area contributed by atoms with Gasteiger partial charge in [0.05, 0.1) is 106 Å². The topological polar surface area (TPSA) is 113 Å². The van der Waals surface area contributed by atoms with Crippen molar-refractivity contribution in [1.82, 2.24) is 47.8 Å². The molecular formula is C74H43N11. The molecule has 11 heteroatoms. The van der Waals surface area contributed by atoms with Gasteiger partial charge in [0.2, 0.25) is 0 Å². The molecule has 0 unspecified atom stereocenters. The maximum Gasteiger partial charge on any atom is 0.105 e. The molecule has 0 bridgehead atoms. The van der Waals surface area contributed by atoms with Crippen molar-refractivity contribution >= 4 is 110 Å². The van der Waals surface area contributed by atoms with Crippen molar-refractivity contribution in [3.05, 3.63) is 267 Å². The molecular weight excluding hydrogens is 1040 g/mol. The molecule has 0 radical (unpaired) electrons. The van der Waals surface area contributed by atoms with Crippen molar-refractivity contribution in [1.29, 1.82) is 5.26 Å². The lowest BCUT2D eigenvalue weighted by atomic mass is 10.0. The zero-order chi connectivity index (χ0) is 55.9. The minimum absolute atomic E-state index is 0.412. The Labute approximate surface area is 484 Å². The molecule has 10 heterocycles. The van der Waals surface area contributed by atoms with E-state index in [0.717, 1.165) is 149 Å². The van der Waals surface area contributed by atoms with E-state index < -0.39 is 0 Å². The van der Waals surface area contributed by atoms with Gasteiger partial charge in [0.25, 0.3) is 0 Å². The standard InChI is InChI=1S/C74H43N11/c75-43-54-70(82-56-24-10-7-21-49(56)66-62(82)27-13-36-77-66)72(81-59-33-31-47(45-17-3-1-4-18-45)41-52(59)55-44-76-40-35-61(55)81)74(84-58-26-12-9-23-51(58)68-64(84)29-15-38-79-68)73(71(54)83-57-25-11-8-22-50(57)67-63(83)28-14-37-78-67)85-60-34-32-48(46-19-5-2-6-20-46)42-53(60)69-65(85)30-16-39-80-69/h1-42,44H. The summed E-state index contributed by atoms with van der Waals surface area (Å²) in [4.78, 5) is 25.7. The number of pyridine rings is 5. The molecule has 18 rings (SSSR count). The SMILES string of the molecule is N#Cc1c(-n2c3ccccc3c3ncccc32)c(-n2c3ccncc3c3cc(-c4ccccc4)ccc32)c(-n2c3ccccc3c3ncccc32)c(-n2c3ccc(-c4ccccc4)cc3c3ncccc32)c1-n1c2ccccc2c2ncccc21. The molecule has 0 aliphatic carbocycles. The second-order valence-electron chi connectivity index (χ2n) is 21.5. The monoisotopic (exact) mass is 1090 g/mol. The van der Waals surface area contributed by atoms with Crippen molar-refractivity contribution in [2.45, 2.75) is 0 Å². The molecule has 0 N–H and O–H groups in total. The summed E-state index contributed by atoms with van der Waals surface area (Å²) in [5.41, 5.74) is 20.3. The molecule has 18 aromatic rings. The molecule has 11 nitrogen and oxygen atoms in total. The van der Waals surface area contributed by atoms with E-state index in [1.54, 1.807) is 0 Å². The Morgan fingerprint density at radius 1 is 0.259 bits per heavy atom. The largest absolute Gasteiger partial charge is 0.305 e. The number of aromatic nitrogens is 10. The first-order valence-corrected chi connectivity index (χ1v) is 28.3. The Kier molecular flexibility index (Phi) is 9.89. The number of benzene rings is 8. The van der Waals surface area contributed by atoms with Gasteiger partial charge in [-0.1, -0.05) is 127 Å². The highest BCUT2D eigenvalue weighted by Crippen LogP contribution is 2.52. The van der Waals surface area contributed by atoms with Gasteiger partial charge in [-0.3, -0.25) is 24.9 Å². The Morgan fingerprint density at radius 2 is 0.600 bits per heavy atom. The van der Waals surface area contributed by atoms with Gasteiger partial charge in [0, 0.05) is 69.5 Å². The minimum Gasteiger partial charge on any atom is -0.305 e. The first-order chi connectivity index (χ1) is 42.2. The van der Waals surface area contributed by atoms with Crippen LogP contribution < -0.4 is 0 Å². The van der Waals surface area contributed by atoms with Crippen LogP contribution in [0.25, 0.3) is 160 Å². The molecule has 0 fully saturated rings. The van der Waals surface area contributed by atoms with E-state index in [0.29, 0.717) is 16.9 Å². The summed E-state index contributed by atoms with van der Waals surface area (Å²) in [6.45, 7) is 0. The van der Waals surface area contributed by atoms with E-state index in [9.17, 15) is 5.26 Å². The average Bonchev–Trinajstić information content (AvgIpc) is 1.75. The summed E-state index contributed by atoms with van der Waals surface area (Å²) in [6, 6.07) is 81.6. The number of hydrogen-bond acceptors (Lipinski definition) is 6. The predicted molar refractivity (Wildman–Crippen MR) is 343 cm³/mol. The van der Waals surface area contributed by atoms with Crippen LogP contribution in [0, 0.1) is 11.3 Å². The number of para-hydroxylation sites is 3. The van der Waals surface area contributed by atoms with Crippen molar-refractivity contribution < 1.29 is 0 Å². The lowest BCUT2D eigenvalue weighted by Gasteiger charge is -2.30. The number of hydrogen-bond donors (Lipinski definition) is 0. The normalized spacial score (nSPS) is 12.0. The fraction of sp³-hybridized carbons (Fsp3) is 0. The Hall–Kier alpha value is -12.0. The van der Waals surface area contributed by atoms with Crippen LogP contribution in [0.5, 0.6) is 0 Å². The number of nitriles is 1. The van der Waals surface area contributed by atoms with Crippen LogP contribution in [0.3, 0.4) is 0 Å². The highest BCUT2D eigenvalue weighted by atomic mass is 15.2. The van der Waals surface area contributed by atoms with Gasteiger partial charge in [-0.05, 0) is 119 Å². The average molecular weight is 1090 g/mol. The molecule has 0 amide bonds. The molecule has 394 valence electrons. The van der Waals surface area contributed by atoms with E-state index in [-0.39, 0.29) is 0 Å². The second-order valence-corrected chi connectivity index (χ2v) is 21.5. The minimum atomic E-state index is 0.412. The van der Waals surface area contributed by atoms with E-state index in [1.807, 2.05) is 67.5 Å². The molecule has 85 heavy (non-hydrogen) atoms. The molecule has 8 aromatic carbocycles. The number of nitrogens with zero attached hydrogens (tertiary/aromatic N) is 11. The second kappa shape index (κ2) is 18.0. The molecule has 0 atom stereocenters. The summed E-state index contributed by atoms with van der Waals surface area (Å²) in [5, 5.41) is 18.9. The quantitative estimate of drug-likeness (QED) is 0.157. The van der Waals surface area contributed by atoms with Crippen LogP contribution in [-0.2, 0) is 0 Å². The van der Waals surface area contributed by atoms with E-state index in [1.165, 1.54) is 0 Å². The van der Waals surface area contributed by atoms with Gasteiger partial charge in [0.15, 0.2) is 0 Å². The molecule has 0 aliphatic rings. The van der Waals surface area contributed by atoms with Crippen LogP contribution >= 0.6 is 0 Å². The van der Waals surface area contributed by atoms with Gasteiger partial charge in [-0.2, -0.15) is 5.26 Å². The highest BCUT2D eigenvalue weighted by molar-refractivity contribution is 6.17. The summed E-state index contributed by atoms with van der Waals surface area (Å²) >= 11 is 0. The Morgan fingerprint density at radius 3 is 1.06 bits per heavy atom. The predicted octanol–water partition coefficient (Wildman–Crippen LogP) is 17.4. The van der Waals surface area contributed by atoms with Crippen LogP contribution in [0.4, 0.5) is 0 Å². The Bertz CT molecular complexity index is 5420. The zero-order valence-electron chi connectivity index (χ0n) is 45.2. The summed E-state index contributed by atoms with van der Waals surface area (Å²) in [6.07, 6.45) is 11.3. The summed E-state index contributed by atoms with van der Waals surface area (Å²) < 4.78 is 11.7. The van der Waals surface area contributed by atoms with Crippen LogP contribution in [0.2, 0.25) is 0 Å². The van der Waals surface area contributed by atoms with Crippen molar-refractivity contribution in [2.24, 2.45) is 0 Å². The van der Waals surface area contributed by atoms with Gasteiger partial charge in [-0.25, -0.2) is 0 Å². The molecule has 0 spiro atoms. The third-order valence-corrected chi connectivity index (χ3v) is 17.2. The number of fused-ring (bicyclic) bond motifs is 15. The lowest BCUT2D eigenvalue weighted by Crippen LogP contribution is -2.19. The van der Waals surface area contributed by atoms with Crippen LogP contribution in [0.1, 0.15) is 5.56 Å². The van der Waals surface area contributed by atoms with Gasteiger partial charge in [0.1, 0.15) is 11.6 Å². The third kappa shape index (κ3) is 6.55. The van der Waals surface area contributed by atoms with Crippen molar-refractivity contribution in [3.63, 3.8) is 0 Å². The van der Waals surface area contributed by atoms with Crippen molar-refractivity contribution in [3.8, 4) is 56.8 Å². The van der Waals surface area contributed by atoms with Gasteiger partial charge < -0.3 is 22.8 Å². The molecule has 0 aliphatic heterocycles. The van der Waals surface area contributed by atoms with E-state index in [4.69, 9.17) is 24.9 Å². The highest BCUT2D eigenvalue weighted by Gasteiger charge is 2.37. The fourth-order valence-electron chi connectivity index (χ4n) is 13.7. The number of rotatable bonds is 7. The fourth-order valence-corrected chi connectivity index (χ4v) is 13.7. The van der Waals surface area contributed by atoms with Gasteiger partial charge >= 0.3 is 0 Å². The summed E-state index contributed by atoms with van der Waals surface area (Å²) in [5.74, 6) is 0. The summed E-state index contributed by atoms with van der Waals surface area (Å²) in [7, 11) is 0. The maximum absolute atomic E-state index is 13.1. The van der Waals surface area contributed by atoms with Crippen molar-refractivity contribution in [2.75, 3.05) is 0 Å². The molecule has 0 saturated carbocycles. The van der Waals surface area contributed by atoms with Crippen LogP contribution in [0.15, 0.2) is 262 Å². The lowest BCUT2D eigenvalue weighted by molar-refractivity contribution is 0.991. The van der Waals surface area contributed by atoms with E-state index >= 15 is 0 Å². The maximum atomic E-state index is 13.1. The zero-order valence-corrected chi connectivity index (χ0v) is 45.2. The third-order valence-electron chi connectivity index (χ3n) is 17.2. The Balaban J connectivity index is 1.18. The van der Waals surface area contributed by atoms with Gasteiger partial charge in [-0.15, -0.1) is 0 Å². The molecule has 10 aromatic heterocycles. The first-order valence-electron chi connectivity index (χ1n) is 28.3. The van der Waals surface area contributed by atoms with Crippen LogP contribution in [-0.4, -0.2) is 47.8 Å². The molecule has 0 saturated heterocycles. The van der Waals surface area contributed by atoms with E-state index in [2.05, 4.69) is 223 Å².